The molecule has 16 rings (SSSR count). The van der Waals surface area contributed by atoms with Gasteiger partial charge >= 0.3 is 0 Å². The molecule has 0 bridgehead atoms. The molecule has 7 nitrogen and oxygen atoms in total. The monoisotopic (exact) mass is 971 g/mol. The van der Waals surface area contributed by atoms with Crippen molar-refractivity contribution in [2.45, 2.75) is 12.5 Å². The summed E-state index contributed by atoms with van der Waals surface area (Å²) in [5, 5.41) is 5.83. The number of aromatic nitrogens is 6. The molecule has 356 valence electrons. The van der Waals surface area contributed by atoms with Gasteiger partial charge < -0.3 is 14.0 Å². The van der Waals surface area contributed by atoms with E-state index in [1.165, 1.54) is 38.7 Å². The topological polar surface area (TPSA) is 56.7 Å². The molecule has 0 spiro atoms. The number of hydrogen-bond donors (Lipinski definition) is 0. The molecule has 0 N–H and O–H groups in total. The Labute approximate surface area is 438 Å². The highest BCUT2D eigenvalue weighted by Gasteiger charge is 2.41. The van der Waals surface area contributed by atoms with Crippen LogP contribution in [0.25, 0.3) is 117 Å². The van der Waals surface area contributed by atoms with Crippen LogP contribution in [0, 0.1) is 0 Å². The summed E-state index contributed by atoms with van der Waals surface area (Å²) in [6.07, 6.45) is 3.19. The number of rotatable bonds is 7. The number of anilines is 2. The van der Waals surface area contributed by atoms with Crippen LogP contribution in [0.3, 0.4) is 0 Å². The second-order valence-corrected chi connectivity index (χ2v) is 20.0. The minimum absolute atomic E-state index is 0.0968. The first kappa shape index (κ1) is 42.4. The molecule has 0 amide bonds. The van der Waals surface area contributed by atoms with E-state index in [1.807, 2.05) is 0 Å². The molecule has 14 aromatic rings. The fourth-order valence-corrected chi connectivity index (χ4v) is 12.5. The van der Waals surface area contributed by atoms with Gasteiger partial charge in [-0.05, 0) is 118 Å². The number of hydrogen-bond acceptors (Lipinski definition) is 4. The van der Waals surface area contributed by atoms with Gasteiger partial charge in [0, 0.05) is 55.9 Å². The van der Waals surface area contributed by atoms with E-state index in [0.717, 1.165) is 89.5 Å². The van der Waals surface area contributed by atoms with E-state index in [-0.39, 0.29) is 6.04 Å². The van der Waals surface area contributed by atoms with Crippen molar-refractivity contribution in [1.29, 1.82) is 0 Å². The lowest BCUT2D eigenvalue weighted by Gasteiger charge is -2.29. The Hall–Kier alpha value is -10.1. The van der Waals surface area contributed by atoms with Gasteiger partial charge in [0.1, 0.15) is 0 Å². The molecule has 1 atom stereocenters. The maximum Gasteiger partial charge on any atom is 0.240 e. The highest BCUT2D eigenvalue weighted by molar-refractivity contribution is 6.19. The molecule has 1 unspecified atom stereocenters. The second-order valence-electron chi connectivity index (χ2n) is 20.0. The highest BCUT2D eigenvalue weighted by Crippen LogP contribution is 2.51. The lowest BCUT2D eigenvalue weighted by molar-refractivity contribution is 0.774. The van der Waals surface area contributed by atoms with Crippen LogP contribution in [0.1, 0.15) is 16.8 Å². The summed E-state index contributed by atoms with van der Waals surface area (Å²) in [6.45, 7) is 0. The molecule has 2 aliphatic rings. The minimum Gasteiger partial charge on any atom is -0.310 e. The van der Waals surface area contributed by atoms with E-state index in [1.54, 1.807) is 0 Å². The molecule has 1 aliphatic heterocycles. The molecule has 7 heteroatoms. The Balaban J connectivity index is 0.973. The van der Waals surface area contributed by atoms with Crippen molar-refractivity contribution in [3.05, 3.63) is 266 Å². The van der Waals surface area contributed by atoms with Crippen molar-refractivity contribution in [3.8, 4) is 51.0 Å². The van der Waals surface area contributed by atoms with E-state index in [2.05, 4.69) is 273 Å². The normalized spacial score (nSPS) is 13.9. The number of para-hydroxylation sites is 6. The maximum absolute atomic E-state index is 5.73. The zero-order valence-corrected chi connectivity index (χ0v) is 41.2. The number of benzene rings is 10. The summed E-state index contributed by atoms with van der Waals surface area (Å²) >= 11 is 0. The van der Waals surface area contributed by atoms with Crippen molar-refractivity contribution < 1.29 is 0 Å². The van der Waals surface area contributed by atoms with Gasteiger partial charge in [0.15, 0.2) is 5.82 Å². The maximum atomic E-state index is 5.73. The van der Waals surface area contributed by atoms with Crippen molar-refractivity contribution in [1.82, 2.24) is 28.7 Å². The van der Waals surface area contributed by atoms with Crippen molar-refractivity contribution in [3.63, 3.8) is 0 Å². The van der Waals surface area contributed by atoms with Crippen LogP contribution in [0.5, 0.6) is 0 Å². The molecule has 5 heterocycles. The van der Waals surface area contributed by atoms with Crippen molar-refractivity contribution >= 4 is 77.8 Å². The molecule has 0 radical (unpaired) electrons. The van der Waals surface area contributed by atoms with Crippen molar-refractivity contribution in [2.24, 2.45) is 0 Å². The summed E-state index contributed by atoms with van der Waals surface area (Å²) in [5.74, 6) is 1.74. The van der Waals surface area contributed by atoms with E-state index in [9.17, 15) is 0 Å². The van der Waals surface area contributed by atoms with Gasteiger partial charge in [-0.3, -0.25) is 4.57 Å². The van der Waals surface area contributed by atoms with Crippen LogP contribution in [-0.2, 0) is 6.42 Å². The largest absolute Gasteiger partial charge is 0.310 e. The first-order valence-corrected chi connectivity index (χ1v) is 26.0. The van der Waals surface area contributed by atoms with Gasteiger partial charge in [-0.25, -0.2) is 0 Å². The molecule has 10 aromatic carbocycles. The lowest BCUT2D eigenvalue weighted by atomic mass is 9.89. The Morgan fingerprint density at radius 1 is 0.342 bits per heavy atom. The third kappa shape index (κ3) is 6.45. The predicted molar refractivity (Wildman–Crippen MR) is 312 cm³/mol. The van der Waals surface area contributed by atoms with Crippen molar-refractivity contribution in [2.75, 3.05) is 4.90 Å². The van der Waals surface area contributed by atoms with Gasteiger partial charge in [0.2, 0.25) is 11.9 Å². The molecular weight excluding hydrogens is 927 g/mol. The summed E-state index contributed by atoms with van der Waals surface area (Å²) in [5.41, 5.74) is 19.1. The minimum atomic E-state index is -0.0968. The first-order chi connectivity index (χ1) is 37.7. The summed E-state index contributed by atoms with van der Waals surface area (Å²) in [6, 6.07) is 89.1. The van der Waals surface area contributed by atoms with E-state index < -0.39 is 0 Å². The average Bonchev–Trinajstić information content (AvgIpc) is 4.28. The van der Waals surface area contributed by atoms with Crippen LogP contribution in [0.2, 0.25) is 0 Å². The molecule has 0 saturated carbocycles. The van der Waals surface area contributed by atoms with Crippen LogP contribution in [-0.4, -0.2) is 34.7 Å². The first-order valence-electron chi connectivity index (χ1n) is 26.0. The molecule has 76 heavy (non-hydrogen) atoms. The van der Waals surface area contributed by atoms with E-state index >= 15 is 0 Å². The SMILES string of the molecule is C1=C2c3ccccc3N(c3nc(-c4cc(-c5ccccc5)cc(-c5ccccc5)c4)nc(-n4c5ccccc5c5cc6c(cc54)c4ccccc4n6-c4ccccc4)n3)C2Cc2c1n(-c1ccccc1)c1ccccc21. The lowest BCUT2D eigenvalue weighted by Crippen LogP contribution is -2.32. The number of fused-ring (bicyclic) bond motifs is 12. The van der Waals surface area contributed by atoms with Gasteiger partial charge in [-0.1, -0.05) is 170 Å². The molecule has 4 aromatic heterocycles. The van der Waals surface area contributed by atoms with Crippen LogP contribution in [0.4, 0.5) is 11.6 Å². The standard InChI is InChI=1S/C69H45N7/c1-5-21-44(22-6-1)46-37-47(45-23-7-2-8-24-45)39-48(38-46)67-70-68(75-61-35-19-15-31-53(61)57-40-63-55(42-65(57)75)51-29-13-17-33-59(51)73(63)49-25-9-3-10-26-49)72-69(71-67)76-62-36-20-16-32-54(62)58-41-64-56(43-66(58)76)52-30-14-18-34-60(52)74(64)50-27-11-4-12-28-50/h1-42,66H,43H2. The third-order valence-corrected chi connectivity index (χ3v) is 15.8. The van der Waals surface area contributed by atoms with E-state index in [4.69, 9.17) is 15.0 Å². The number of nitrogens with zero attached hydrogens (tertiary/aromatic N) is 7. The van der Waals surface area contributed by atoms with Crippen LogP contribution < -0.4 is 4.90 Å². The Morgan fingerprint density at radius 2 is 0.816 bits per heavy atom. The van der Waals surface area contributed by atoms with Crippen LogP contribution >= 0.6 is 0 Å². The quantitative estimate of drug-likeness (QED) is 0.160. The predicted octanol–water partition coefficient (Wildman–Crippen LogP) is 16.6. The van der Waals surface area contributed by atoms with Gasteiger partial charge in [-0.15, -0.1) is 0 Å². The Kier molecular flexibility index (Phi) is 9.32. The molecule has 1 aliphatic carbocycles. The zero-order valence-electron chi connectivity index (χ0n) is 41.2. The average molecular weight is 972 g/mol. The van der Waals surface area contributed by atoms with Gasteiger partial charge in [0.05, 0.1) is 45.0 Å². The Morgan fingerprint density at radius 3 is 1.45 bits per heavy atom. The zero-order chi connectivity index (χ0) is 49.8. The van der Waals surface area contributed by atoms with Gasteiger partial charge in [0.25, 0.3) is 0 Å². The third-order valence-electron chi connectivity index (χ3n) is 15.8. The second kappa shape index (κ2) is 16.7. The fraction of sp³-hybridized carbons (Fsp3) is 0.0290. The smallest absolute Gasteiger partial charge is 0.240 e. The Bertz CT molecular complexity index is 4610. The summed E-state index contributed by atoms with van der Waals surface area (Å²) < 4.78 is 7.10. The fourth-order valence-electron chi connectivity index (χ4n) is 12.5. The summed E-state index contributed by atoms with van der Waals surface area (Å²) in [7, 11) is 0. The molecular formula is C69H45N7. The molecule has 0 saturated heterocycles. The van der Waals surface area contributed by atoms with Crippen LogP contribution in [0.15, 0.2) is 249 Å². The summed E-state index contributed by atoms with van der Waals surface area (Å²) in [4.78, 5) is 19.4. The van der Waals surface area contributed by atoms with E-state index in [0.29, 0.717) is 17.7 Å². The highest BCUT2D eigenvalue weighted by atomic mass is 15.3. The molecule has 0 fully saturated rings. The van der Waals surface area contributed by atoms with Gasteiger partial charge in [-0.2, -0.15) is 15.0 Å².